The molecule has 2 aliphatic heterocycles. The first kappa shape index (κ1) is 20.4. The number of morpholine rings is 1. The van der Waals surface area contributed by atoms with Crippen LogP contribution >= 0.6 is 12.8 Å². The minimum Gasteiger partial charge on any atom is -0.370 e. The lowest BCUT2D eigenvalue weighted by molar-refractivity contribution is -0.125. The van der Waals surface area contributed by atoms with Crippen LogP contribution in [0.1, 0.15) is 12.8 Å². The van der Waals surface area contributed by atoms with Crippen LogP contribution in [0.2, 0.25) is 0 Å². The van der Waals surface area contributed by atoms with E-state index in [0.29, 0.717) is 29.0 Å². The van der Waals surface area contributed by atoms with Gasteiger partial charge in [-0.05, 0) is 31.0 Å². The largest absolute Gasteiger partial charge is 0.370 e. The maximum Gasteiger partial charge on any atom is 0.253 e. The fourth-order valence-electron chi connectivity index (χ4n) is 3.13. The number of ether oxygens (including phenoxy) is 1. The van der Waals surface area contributed by atoms with Gasteiger partial charge in [0.05, 0.1) is 12.3 Å². The Bertz CT molecular complexity index is 866. The molecule has 0 saturated carbocycles. The van der Waals surface area contributed by atoms with E-state index in [4.69, 9.17) is 4.74 Å². The molecule has 2 atom stereocenters. The quantitative estimate of drug-likeness (QED) is 0.685. The molecule has 2 aliphatic rings. The monoisotopic (exact) mass is 435 g/mol. The molecule has 2 unspecified atom stereocenters. The summed E-state index contributed by atoms with van der Waals surface area (Å²) in [6, 6.07) is 3.13. The summed E-state index contributed by atoms with van der Waals surface area (Å²) < 4.78 is 41.5. The molecule has 0 aromatic heterocycles. The number of rotatable bonds is 4. The molecule has 0 spiro atoms. The summed E-state index contributed by atoms with van der Waals surface area (Å²) in [5.74, 6) is -1.50. The standard InChI is InChI=1S/C15H18FN3O5S3/c16-11-8-10(17-6-7-24-9-14(17)20)3-4-12(11)18-5-1-2-13(15(18)21)19(25)27(22,23)26/h3-4,8,13,25H,1-2,5-7,9H2,(H,22,23,26). The van der Waals surface area contributed by atoms with Gasteiger partial charge in [-0.25, -0.2) is 8.60 Å². The number of thiol groups is 1. The zero-order valence-electron chi connectivity index (χ0n) is 14.1. The number of carbonyl (C=O) groups is 2. The molecule has 2 fully saturated rings. The van der Waals surface area contributed by atoms with Crippen molar-refractivity contribution < 1.29 is 27.5 Å². The zero-order valence-corrected chi connectivity index (χ0v) is 16.6. The van der Waals surface area contributed by atoms with E-state index in [2.05, 4.69) is 24.0 Å². The van der Waals surface area contributed by atoms with Crippen molar-refractivity contribution in [2.24, 2.45) is 0 Å². The van der Waals surface area contributed by atoms with Crippen LogP contribution in [0.3, 0.4) is 0 Å². The number of anilines is 2. The van der Waals surface area contributed by atoms with E-state index >= 15 is 0 Å². The van der Waals surface area contributed by atoms with Crippen LogP contribution in [0.15, 0.2) is 18.2 Å². The highest BCUT2D eigenvalue weighted by Gasteiger charge is 2.37. The van der Waals surface area contributed by atoms with Gasteiger partial charge in [0, 0.05) is 30.0 Å². The summed E-state index contributed by atoms with van der Waals surface area (Å²) in [5.41, 5.74) is 0.412. The number of hydrogen-bond donors (Lipinski definition) is 2. The molecule has 2 saturated heterocycles. The van der Waals surface area contributed by atoms with E-state index in [0.717, 1.165) is 0 Å². The van der Waals surface area contributed by atoms with E-state index in [9.17, 15) is 22.7 Å². The highest BCUT2D eigenvalue weighted by molar-refractivity contribution is 8.30. The van der Waals surface area contributed by atoms with Crippen molar-refractivity contribution in [3.63, 3.8) is 0 Å². The van der Waals surface area contributed by atoms with Crippen LogP contribution in [0.5, 0.6) is 0 Å². The van der Waals surface area contributed by atoms with Crippen LogP contribution in [0.25, 0.3) is 0 Å². The van der Waals surface area contributed by atoms with Crippen LogP contribution in [0.4, 0.5) is 15.8 Å². The third kappa shape index (κ3) is 4.25. The molecule has 1 N–H and O–H groups in total. The van der Waals surface area contributed by atoms with Crippen LogP contribution in [0, 0.1) is 5.82 Å². The Morgan fingerprint density at radius 3 is 2.70 bits per heavy atom. The lowest BCUT2D eigenvalue weighted by atomic mass is 10.0. The predicted molar refractivity (Wildman–Crippen MR) is 104 cm³/mol. The molecule has 3 rings (SSSR count). The lowest BCUT2D eigenvalue weighted by Crippen LogP contribution is -2.51. The zero-order chi connectivity index (χ0) is 19.8. The van der Waals surface area contributed by atoms with Crippen molar-refractivity contribution in [1.29, 1.82) is 0 Å². The molecule has 0 aliphatic carbocycles. The Morgan fingerprint density at radius 2 is 2.07 bits per heavy atom. The first-order valence-corrected chi connectivity index (χ1v) is 10.9. The third-order valence-corrected chi connectivity index (χ3v) is 6.92. The topological polar surface area (TPSA) is 90.4 Å². The minimum absolute atomic E-state index is 0.0321. The second-order valence-corrected chi connectivity index (χ2v) is 9.43. The second-order valence-electron chi connectivity index (χ2n) is 6.13. The van der Waals surface area contributed by atoms with Crippen LogP contribution < -0.4 is 9.80 Å². The normalized spacial score (nSPS) is 23.6. The van der Waals surface area contributed by atoms with Crippen LogP contribution in [-0.2, 0) is 34.5 Å². The SMILES string of the molecule is O=C1COCCN1c1ccc(N2CCCC(N(S)S(=O)(O)=S)C2=O)c(F)c1. The summed E-state index contributed by atoms with van der Waals surface area (Å²) in [6.07, 6.45) is 0.774. The van der Waals surface area contributed by atoms with Gasteiger partial charge in [-0.2, -0.15) is 0 Å². The number of carbonyl (C=O) groups excluding carboxylic acids is 2. The fourth-order valence-corrected chi connectivity index (χ4v) is 4.18. The summed E-state index contributed by atoms with van der Waals surface area (Å²) >= 11 is 8.36. The molecular formula is C15H18FN3O5S3. The van der Waals surface area contributed by atoms with Crippen molar-refractivity contribution in [3.05, 3.63) is 24.0 Å². The highest BCUT2D eigenvalue weighted by atomic mass is 32.9. The molecule has 1 aromatic carbocycles. The van der Waals surface area contributed by atoms with Gasteiger partial charge in [-0.3, -0.25) is 14.1 Å². The number of amides is 2. The molecule has 1 aromatic rings. The molecule has 0 radical (unpaired) electrons. The lowest BCUT2D eigenvalue weighted by Gasteiger charge is -2.35. The van der Waals surface area contributed by atoms with Crippen LogP contribution in [-0.4, -0.2) is 56.6 Å². The van der Waals surface area contributed by atoms with Gasteiger partial charge < -0.3 is 14.5 Å². The van der Waals surface area contributed by atoms with Crippen molar-refractivity contribution in [2.75, 3.05) is 36.1 Å². The molecule has 27 heavy (non-hydrogen) atoms. The molecule has 8 nitrogen and oxygen atoms in total. The van der Waals surface area contributed by atoms with Gasteiger partial charge in [0.1, 0.15) is 18.5 Å². The maximum atomic E-state index is 14.7. The van der Waals surface area contributed by atoms with Crippen molar-refractivity contribution in [1.82, 2.24) is 3.71 Å². The number of piperidine rings is 1. The average molecular weight is 436 g/mol. The van der Waals surface area contributed by atoms with E-state index in [1.807, 2.05) is 0 Å². The highest BCUT2D eigenvalue weighted by Crippen LogP contribution is 2.30. The molecule has 0 bridgehead atoms. The van der Waals surface area contributed by atoms with Gasteiger partial charge in [0.15, 0.2) is 0 Å². The second kappa shape index (κ2) is 7.97. The van der Waals surface area contributed by atoms with Crippen molar-refractivity contribution in [3.8, 4) is 0 Å². The number of halogens is 1. The first-order chi connectivity index (χ1) is 12.7. The molecular weight excluding hydrogens is 417 g/mol. The minimum atomic E-state index is -3.84. The molecule has 2 heterocycles. The Kier molecular flexibility index (Phi) is 6.03. The van der Waals surface area contributed by atoms with Gasteiger partial charge >= 0.3 is 0 Å². The van der Waals surface area contributed by atoms with E-state index in [1.165, 1.54) is 21.9 Å². The Morgan fingerprint density at radius 1 is 1.33 bits per heavy atom. The maximum absolute atomic E-state index is 14.7. The van der Waals surface area contributed by atoms with Gasteiger partial charge in [0.25, 0.3) is 5.91 Å². The summed E-state index contributed by atoms with van der Waals surface area (Å²) in [6.45, 7) is 0.879. The van der Waals surface area contributed by atoms with E-state index in [1.54, 1.807) is 6.07 Å². The Labute approximate surface area is 166 Å². The summed E-state index contributed by atoms with van der Waals surface area (Å²) in [4.78, 5) is 27.2. The Hall–Kier alpha value is -1.31. The summed E-state index contributed by atoms with van der Waals surface area (Å²) in [5, 5.41) is 0. The third-order valence-electron chi connectivity index (χ3n) is 4.43. The van der Waals surface area contributed by atoms with Gasteiger partial charge in [-0.15, -0.1) is 3.71 Å². The number of hydrogen-bond acceptors (Lipinski definition) is 6. The predicted octanol–water partition coefficient (Wildman–Crippen LogP) is 0.965. The van der Waals surface area contributed by atoms with Crippen molar-refractivity contribution in [2.45, 2.75) is 18.9 Å². The summed E-state index contributed by atoms with van der Waals surface area (Å²) in [7, 11) is -3.84. The first-order valence-electron chi connectivity index (χ1n) is 8.15. The van der Waals surface area contributed by atoms with Gasteiger partial charge in [-0.1, -0.05) is 12.8 Å². The van der Waals surface area contributed by atoms with E-state index < -0.39 is 26.7 Å². The molecule has 148 valence electrons. The number of benzene rings is 1. The smallest absolute Gasteiger partial charge is 0.253 e. The molecule has 12 heteroatoms. The van der Waals surface area contributed by atoms with Gasteiger partial charge in [0.2, 0.25) is 14.9 Å². The fraction of sp³-hybridized carbons (Fsp3) is 0.467. The van der Waals surface area contributed by atoms with E-state index in [-0.39, 0.29) is 31.2 Å². The average Bonchev–Trinajstić information content (AvgIpc) is 2.61. The molecule has 2 amide bonds. The number of nitrogens with zero attached hydrogens (tertiary/aromatic N) is 3. The Balaban J connectivity index is 1.85. The van der Waals surface area contributed by atoms with Crippen molar-refractivity contribution >= 4 is 56.2 Å².